The van der Waals surface area contributed by atoms with Crippen LogP contribution in [0.3, 0.4) is 0 Å². The molecule has 0 spiro atoms. The van der Waals surface area contributed by atoms with Crippen molar-refractivity contribution in [3.8, 4) is 47.4 Å². The van der Waals surface area contributed by atoms with Crippen molar-refractivity contribution in [3.05, 3.63) is 0 Å². The lowest BCUT2D eigenvalue weighted by Crippen LogP contribution is -1.69. The van der Waals surface area contributed by atoms with Crippen LogP contribution in [0.1, 0.15) is 19.3 Å². The van der Waals surface area contributed by atoms with Gasteiger partial charge in [-0.2, -0.15) is 0 Å². The molecule has 0 saturated heterocycles. The summed E-state index contributed by atoms with van der Waals surface area (Å²) in [5, 5.41) is 1.36. The van der Waals surface area contributed by atoms with Crippen molar-refractivity contribution in [3.63, 3.8) is 0 Å². The minimum absolute atomic E-state index is 0.680. The summed E-state index contributed by atoms with van der Waals surface area (Å²) in [6.45, 7) is 0. The van der Waals surface area contributed by atoms with Crippen molar-refractivity contribution in [2.24, 2.45) is 0 Å². The number of hydrogen-bond acceptors (Lipinski definition) is 0. The minimum Gasteiger partial charge on any atom is -0.0891 e. The van der Waals surface area contributed by atoms with Crippen molar-refractivity contribution < 1.29 is 0 Å². The van der Waals surface area contributed by atoms with Gasteiger partial charge in [0.2, 0.25) is 0 Å². The summed E-state index contributed by atoms with van der Waals surface area (Å²) in [5.41, 5.74) is 0. The molecule has 0 amide bonds. The van der Waals surface area contributed by atoms with Crippen LogP contribution >= 0.6 is 31.9 Å². The van der Waals surface area contributed by atoms with Crippen molar-refractivity contribution in [2.45, 2.75) is 19.3 Å². The molecule has 0 fully saturated rings. The lowest BCUT2D eigenvalue weighted by molar-refractivity contribution is 0.904. The molecule has 0 aromatic heterocycles. The van der Waals surface area contributed by atoms with E-state index in [1.165, 1.54) is 0 Å². The van der Waals surface area contributed by atoms with Crippen LogP contribution in [0.4, 0.5) is 0 Å². The van der Waals surface area contributed by atoms with Gasteiger partial charge in [-0.25, -0.2) is 0 Å². The molecule has 0 heterocycles. The summed E-state index contributed by atoms with van der Waals surface area (Å²) in [6.07, 6.45) is 2.67. The molecule has 0 saturated carbocycles. The summed E-state index contributed by atoms with van der Waals surface area (Å²) < 4.78 is 0. The summed E-state index contributed by atoms with van der Waals surface area (Å²) in [5.74, 6) is 22.6. The standard InChI is InChI=1S/C13H10Br2/c14-12-10-8-6-4-2-1-3-5-7-9-11-13-15/h1-3,12-13H2. The first kappa shape index (κ1) is 14.2. The fraction of sp³-hybridized carbons (Fsp3) is 0.385. The molecule has 0 unspecified atom stereocenters. The van der Waals surface area contributed by atoms with Gasteiger partial charge in [0.1, 0.15) is 0 Å². The Kier molecular flexibility index (Phi) is 12.5. The molecule has 0 nitrogen and oxygen atoms in total. The molecule has 0 N–H and O–H groups in total. The van der Waals surface area contributed by atoms with Crippen molar-refractivity contribution in [2.75, 3.05) is 10.7 Å². The fourth-order valence-electron chi connectivity index (χ4n) is 0.634. The molecule has 0 aromatic carbocycles. The summed E-state index contributed by atoms with van der Waals surface area (Å²) in [7, 11) is 0. The minimum atomic E-state index is 0.680. The second-order valence-electron chi connectivity index (χ2n) is 2.33. The SMILES string of the molecule is BrCC#CC#CCCCC#CC#CCBr. The second kappa shape index (κ2) is 13.2. The van der Waals surface area contributed by atoms with Crippen LogP contribution in [0.2, 0.25) is 0 Å². The highest BCUT2D eigenvalue weighted by Crippen LogP contribution is 1.90. The van der Waals surface area contributed by atoms with E-state index in [-0.39, 0.29) is 0 Å². The van der Waals surface area contributed by atoms with E-state index in [1.54, 1.807) is 0 Å². The van der Waals surface area contributed by atoms with Gasteiger partial charge in [-0.3, -0.25) is 0 Å². The zero-order chi connectivity index (χ0) is 11.2. The third-order valence-corrected chi connectivity index (χ3v) is 1.78. The third-order valence-electron chi connectivity index (χ3n) is 1.22. The zero-order valence-corrected chi connectivity index (χ0v) is 11.5. The van der Waals surface area contributed by atoms with E-state index in [4.69, 9.17) is 0 Å². The van der Waals surface area contributed by atoms with Crippen LogP contribution in [0.5, 0.6) is 0 Å². The number of unbranched alkanes of at least 4 members (excludes halogenated alkanes) is 2. The maximum absolute atomic E-state index is 3.20. The molecule has 2 heteroatoms. The van der Waals surface area contributed by atoms with E-state index in [9.17, 15) is 0 Å². The fourth-order valence-corrected chi connectivity index (χ4v) is 0.914. The van der Waals surface area contributed by atoms with Gasteiger partial charge in [0.05, 0.1) is 10.7 Å². The molecule has 0 radical (unpaired) electrons. The van der Waals surface area contributed by atoms with Gasteiger partial charge in [0.15, 0.2) is 0 Å². The molecule has 0 aromatic rings. The first-order valence-corrected chi connectivity index (χ1v) is 6.69. The van der Waals surface area contributed by atoms with Crippen LogP contribution in [0.25, 0.3) is 0 Å². The zero-order valence-electron chi connectivity index (χ0n) is 8.29. The van der Waals surface area contributed by atoms with Gasteiger partial charge < -0.3 is 0 Å². The topological polar surface area (TPSA) is 0 Å². The Morgan fingerprint density at radius 3 is 1.40 bits per heavy atom. The molecular weight excluding hydrogens is 316 g/mol. The predicted octanol–water partition coefficient (Wildman–Crippen LogP) is 2.96. The Morgan fingerprint density at radius 2 is 1.00 bits per heavy atom. The maximum Gasteiger partial charge on any atom is 0.0655 e. The summed E-state index contributed by atoms with van der Waals surface area (Å²) in [6, 6.07) is 0. The highest BCUT2D eigenvalue weighted by molar-refractivity contribution is 9.09. The molecule has 0 aliphatic carbocycles. The number of alkyl halides is 2. The summed E-state index contributed by atoms with van der Waals surface area (Å²) >= 11 is 6.39. The highest BCUT2D eigenvalue weighted by atomic mass is 79.9. The van der Waals surface area contributed by atoms with Gasteiger partial charge in [0, 0.05) is 12.8 Å². The molecule has 0 rings (SSSR count). The Labute approximate surface area is 109 Å². The van der Waals surface area contributed by atoms with E-state index in [2.05, 4.69) is 79.2 Å². The van der Waals surface area contributed by atoms with Crippen molar-refractivity contribution in [1.29, 1.82) is 0 Å². The number of rotatable bonds is 2. The van der Waals surface area contributed by atoms with Crippen LogP contribution in [-0.2, 0) is 0 Å². The smallest absolute Gasteiger partial charge is 0.0655 e. The summed E-state index contributed by atoms with van der Waals surface area (Å²) in [4.78, 5) is 0. The molecule has 0 aliphatic heterocycles. The molecule has 0 bridgehead atoms. The Hall–Kier alpha value is -0.800. The molecular formula is C13H10Br2. The Morgan fingerprint density at radius 1 is 0.600 bits per heavy atom. The van der Waals surface area contributed by atoms with Crippen LogP contribution in [0.15, 0.2) is 0 Å². The lowest BCUT2D eigenvalue weighted by atomic mass is 10.2. The average molecular weight is 326 g/mol. The van der Waals surface area contributed by atoms with E-state index in [0.717, 1.165) is 19.3 Å². The van der Waals surface area contributed by atoms with Crippen LogP contribution in [0, 0.1) is 47.4 Å². The quantitative estimate of drug-likeness (QED) is 0.416. The van der Waals surface area contributed by atoms with E-state index >= 15 is 0 Å². The molecule has 76 valence electrons. The predicted molar refractivity (Wildman–Crippen MR) is 72.5 cm³/mol. The normalized spacial score (nSPS) is 6.53. The number of hydrogen-bond donors (Lipinski definition) is 0. The largest absolute Gasteiger partial charge is 0.0891 e. The van der Waals surface area contributed by atoms with Crippen molar-refractivity contribution in [1.82, 2.24) is 0 Å². The average Bonchev–Trinajstić information content (AvgIpc) is 2.26. The molecule has 15 heavy (non-hydrogen) atoms. The Bertz CT molecular complexity index is 351. The highest BCUT2D eigenvalue weighted by Gasteiger charge is 1.77. The van der Waals surface area contributed by atoms with Gasteiger partial charge in [-0.15, -0.1) is 0 Å². The lowest BCUT2D eigenvalue weighted by Gasteiger charge is -1.81. The van der Waals surface area contributed by atoms with Crippen LogP contribution in [-0.4, -0.2) is 10.7 Å². The van der Waals surface area contributed by atoms with Gasteiger partial charge in [-0.05, 0) is 30.1 Å². The number of halogens is 2. The first-order chi connectivity index (χ1) is 7.41. The third kappa shape index (κ3) is 13.2. The molecule has 0 atom stereocenters. The van der Waals surface area contributed by atoms with E-state index < -0.39 is 0 Å². The van der Waals surface area contributed by atoms with E-state index in [0.29, 0.717) is 10.7 Å². The van der Waals surface area contributed by atoms with E-state index in [1.807, 2.05) is 0 Å². The van der Waals surface area contributed by atoms with Crippen LogP contribution < -0.4 is 0 Å². The monoisotopic (exact) mass is 324 g/mol. The van der Waals surface area contributed by atoms with Gasteiger partial charge in [-0.1, -0.05) is 55.5 Å². The maximum atomic E-state index is 3.20. The van der Waals surface area contributed by atoms with Crippen molar-refractivity contribution >= 4 is 31.9 Å². The van der Waals surface area contributed by atoms with Gasteiger partial charge in [0.25, 0.3) is 0 Å². The second-order valence-corrected chi connectivity index (χ2v) is 3.45. The Balaban J connectivity index is 3.52. The van der Waals surface area contributed by atoms with Gasteiger partial charge >= 0.3 is 0 Å². The molecule has 0 aliphatic rings. The first-order valence-electron chi connectivity index (χ1n) is 4.45.